The second kappa shape index (κ2) is 5.72. The molecular weight excluding hydrogens is 258 g/mol. The van der Waals surface area contributed by atoms with Crippen LogP contribution in [0.1, 0.15) is 39.2 Å². The Kier molecular flexibility index (Phi) is 4.42. The van der Waals surface area contributed by atoms with Crippen LogP contribution in [0.3, 0.4) is 0 Å². The molecule has 1 aromatic rings. The van der Waals surface area contributed by atoms with Gasteiger partial charge in [-0.25, -0.2) is 0 Å². The molecule has 1 aliphatic rings. The number of rotatable bonds is 2. The second-order valence-electron chi connectivity index (χ2n) is 6.69. The highest BCUT2D eigenvalue weighted by molar-refractivity contribution is 6.30. The van der Waals surface area contributed by atoms with E-state index >= 15 is 0 Å². The lowest BCUT2D eigenvalue weighted by Crippen LogP contribution is -2.37. The van der Waals surface area contributed by atoms with E-state index in [4.69, 9.17) is 11.6 Å². The molecule has 0 unspecified atom stereocenters. The molecule has 0 aromatic heterocycles. The molecule has 1 heterocycles. The quantitative estimate of drug-likeness (QED) is 0.873. The monoisotopic (exact) mass is 281 g/mol. The molecule has 1 fully saturated rings. The van der Waals surface area contributed by atoms with E-state index in [2.05, 4.69) is 25.7 Å². The van der Waals surface area contributed by atoms with Gasteiger partial charge in [-0.1, -0.05) is 32.4 Å². The molecule has 3 heteroatoms. The number of hydrogen-bond acceptors (Lipinski definition) is 2. The standard InChI is InChI=1S/C16H24ClNO/c1-16(2,3)13-6-8-18(9-7-13)11-12-10-14(17)4-5-15(12)19/h4-5,10,13,19H,6-9,11H2,1-3H3. The summed E-state index contributed by atoms with van der Waals surface area (Å²) in [5.74, 6) is 1.15. The van der Waals surface area contributed by atoms with Gasteiger partial charge >= 0.3 is 0 Å². The topological polar surface area (TPSA) is 23.5 Å². The van der Waals surface area contributed by atoms with Crippen molar-refractivity contribution in [1.82, 2.24) is 4.90 Å². The summed E-state index contributed by atoms with van der Waals surface area (Å²) in [5.41, 5.74) is 1.34. The summed E-state index contributed by atoms with van der Waals surface area (Å²) in [6.07, 6.45) is 2.48. The number of piperidine rings is 1. The van der Waals surface area contributed by atoms with Crippen LogP contribution in [0.25, 0.3) is 0 Å². The van der Waals surface area contributed by atoms with Gasteiger partial charge in [0, 0.05) is 17.1 Å². The minimum Gasteiger partial charge on any atom is -0.508 e. The van der Waals surface area contributed by atoms with Crippen molar-refractivity contribution in [3.8, 4) is 5.75 Å². The lowest BCUT2D eigenvalue weighted by Gasteiger charge is -2.38. The first-order valence-corrected chi connectivity index (χ1v) is 7.44. The Morgan fingerprint density at radius 3 is 2.47 bits per heavy atom. The number of phenolic OH excluding ortho intramolecular Hbond substituents is 1. The van der Waals surface area contributed by atoms with E-state index < -0.39 is 0 Å². The maximum Gasteiger partial charge on any atom is 0.120 e. The zero-order chi connectivity index (χ0) is 14.0. The summed E-state index contributed by atoms with van der Waals surface area (Å²) in [4.78, 5) is 2.41. The minimum atomic E-state index is 0.349. The van der Waals surface area contributed by atoms with Gasteiger partial charge in [-0.2, -0.15) is 0 Å². The van der Waals surface area contributed by atoms with E-state index in [1.807, 2.05) is 6.07 Å². The number of likely N-dealkylation sites (tertiary alicyclic amines) is 1. The average molecular weight is 282 g/mol. The van der Waals surface area contributed by atoms with Crippen LogP contribution in [0, 0.1) is 11.3 Å². The van der Waals surface area contributed by atoms with Crippen molar-refractivity contribution in [2.75, 3.05) is 13.1 Å². The molecule has 0 amide bonds. The van der Waals surface area contributed by atoms with Crippen molar-refractivity contribution < 1.29 is 5.11 Å². The molecule has 2 rings (SSSR count). The minimum absolute atomic E-state index is 0.349. The number of benzene rings is 1. The highest BCUT2D eigenvalue weighted by Gasteiger charge is 2.28. The maximum absolute atomic E-state index is 9.86. The summed E-state index contributed by atoms with van der Waals surface area (Å²) in [6.45, 7) is 9.99. The van der Waals surface area contributed by atoms with Crippen LogP contribution in [-0.4, -0.2) is 23.1 Å². The van der Waals surface area contributed by atoms with E-state index in [1.165, 1.54) is 12.8 Å². The van der Waals surface area contributed by atoms with Crippen molar-refractivity contribution in [3.05, 3.63) is 28.8 Å². The Labute approximate surface area is 121 Å². The van der Waals surface area contributed by atoms with Gasteiger partial charge in [0.2, 0.25) is 0 Å². The smallest absolute Gasteiger partial charge is 0.120 e. The first kappa shape index (κ1) is 14.7. The molecule has 0 bridgehead atoms. The van der Waals surface area contributed by atoms with Gasteiger partial charge in [-0.3, -0.25) is 4.90 Å². The van der Waals surface area contributed by atoms with Gasteiger partial charge in [0.25, 0.3) is 0 Å². The van der Waals surface area contributed by atoms with Gasteiger partial charge in [-0.15, -0.1) is 0 Å². The van der Waals surface area contributed by atoms with Crippen LogP contribution in [0.5, 0.6) is 5.75 Å². The predicted octanol–water partition coefficient (Wildman–Crippen LogP) is 4.30. The highest BCUT2D eigenvalue weighted by atomic mass is 35.5. The Morgan fingerprint density at radius 1 is 1.26 bits per heavy atom. The van der Waals surface area contributed by atoms with Gasteiger partial charge < -0.3 is 5.11 Å². The molecule has 0 saturated carbocycles. The Morgan fingerprint density at radius 2 is 1.89 bits per heavy atom. The third kappa shape index (κ3) is 3.87. The molecule has 0 radical (unpaired) electrons. The molecule has 1 saturated heterocycles. The number of hydrogen-bond donors (Lipinski definition) is 1. The average Bonchev–Trinajstić information content (AvgIpc) is 2.33. The zero-order valence-electron chi connectivity index (χ0n) is 12.1. The highest BCUT2D eigenvalue weighted by Crippen LogP contribution is 2.35. The summed E-state index contributed by atoms with van der Waals surface area (Å²) in [7, 11) is 0. The van der Waals surface area contributed by atoms with Gasteiger partial charge in [0.1, 0.15) is 5.75 Å². The molecule has 19 heavy (non-hydrogen) atoms. The molecule has 0 spiro atoms. The first-order chi connectivity index (χ1) is 8.86. The van der Waals surface area contributed by atoms with Gasteiger partial charge in [-0.05, 0) is 55.5 Å². The van der Waals surface area contributed by atoms with Crippen molar-refractivity contribution in [2.45, 2.75) is 40.2 Å². The number of aromatic hydroxyl groups is 1. The number of nitrogens with zero attached hydrogens (tertiary/aromatic N) is 1. The number of phenols is 1. The predicted molar refractivity (Wildman–Crippen MR) is 80.6 cm³/mol. The summed E-state index contributed by atoms with van der Waals surface area (Å²) >= 11 is 5.99. The fourth-order valence-electron chi connectivity index (χ4n) is 2.88. The largest absolute Gasteiger partial charge is 0.508 e. The fourth-order valence-corrected chi connectivity index (χ4v) is 3.07. The van der Waals surface area contributed by atoms with Gasteiger partial charge in [0.05, 0.1) is 0 Å². The van der Waals surface area contributed by atoms with Crippen LogP contribution < -0.4 is 0 Å². The van der Waals surface area contributed by atoms with Crippen molar-refractivity contribution in [1.29, 1.82) is 0 Å². The number of halogens is 1. The summed E-state index contributed by atoms with van der Waals surface area (Å²) in [5, 5.41) is 10.6. The lowest BCUT2D eigenvalue weighted by molar-refractivity contribution is 0.107. The normalized spacial score (nSPS) is 18.7. The van der Waals surface area contributed by atoms with Gasteiger partial charge in [0.15, 0.2) is 0 Å². The zero-order valence-corrected chi connectivity index (χ0v) is 12.9. The molecule has 2 nitrogen and oxygen atoms in total. The van der Waals surface area contributed by atoms with E-state index in [9.17, 15) is 5.11 Å². The lowest BCUT2D eigenvalue weighted by atomic mass is 9.75. The van der Waals surface area contributed by atoms with Crippen molar-refractivity contribution in [3.63, 3.8) is 0 Å². The molecule has 0 atom stereocenters. The fraction of sp³-hybridized carbons (Fsp3) is 0.625. The van der Waals surface area contributed by atoms with E-state index in [0.717, 1.165) is 31.1 Å². The van der Waals surface area contributed by atoms with E-state index in [0.29, 0.717) is 16.2 Å². The molecule has 1 aliphatic heterocycles. The molecular formula is C16H24ClNO. The van der Waals surface area contributed by atoms with Crippen LogP contribution in [0.2, 0.25) is 5.02 Å². The summed E-state index contributed by atoms with van der Waals surface area (Å²) < 4.78 is 0. The third-order valence-corrected chi connectivity index (χ3v) is 4.48. The van der Waals surface area contributed by atoms with E-state index in [-0.39, 0.29) is 0 Å². The Balaban J connectivity index is 1.94. The first-order valence-electron chi connectivity index (χ1n) is 7.06. The van der Waals surface area contributed by atoms with Crippen LogP contribution in [0.15, 0.2) is 18.2 Å². The maximum atomic E-state index is 9.86. The van der Waals surface area contributed by atoms with E-state index in [1.54, 1.807) is 12.1 Å². The van der Waals surface area contributed by atoms with Crippen molar-refractivity contribution >= 4 is 11.6 Å². The second-order valence-corrected chi connectivity index (χ2v) is 7.13. The Hall–Kier alpha value is -0.730. The third-order valence-electron chi connectivity index (χ3n) is 4.25. The van der Waals surface area contributed by atoms with Crippen molar-refractivity contribution in [2.24, 2.45) is 11.3 Å². The SMILES string of the molecule is CC(C)(C)C1CCN(Cc2cc(Cl)ccc2O)CC1. The Bertz CT molecular complexity index is 431. The van der Waals surface area contributed by atoms with Crippen LogP contribution >= 0.6 is 11.6 Å². The molecule has 0 aliphatic carbocycles. The molecule has 106 valence electrons. The molecule has 1 aromatic carbocycles. The molecule has 1 N–H and O–H groups in total. The summed E-state index contributed by atoms with van der Waals surface area (Å²) in [6, 6.07) is 5.28. The van der Waals surface area contributed by atoms with Crippen LogP contribution in [-0.2, 0) is 6.54 Å². The van der Waals surface area contributed by atoms with Crippen LogP contribution in [0.4, 0.5) is 0 Å².